The van der Waals surface area contributed by atoms with Gasteiger partial charge in [0, 0.05) is 26.3 Å². The molecule has 0 bridgehead atoms. The van der Waals surface area contributed by atoms with Crippen LogP contribution in [-0.4, -0.2) is 4.98 Å². The molecule has 0 fully saturated rings. The van der Waals surface area contributed by atoms with Crippen LogP contribution >= 0.6 is 11.8 Å². The van der Waals surface area contributed by atoms with E-state index in [1.807, 2.05) is 30.5 Å². The van der Waals surface area contributed by atoms with Crippen LogP contribution in [0.2, 0.25) is 0 Å². The van der Waals surface area contributed by atoms with Gasteiger partial charge >= 0.3 is 0 Å². The molecule has 1 aromatic heterocycles. The van der Waals surface area contributed by atoms with E-state index in [9.17, 15) is 0 Å². The second-order valence-electron chi connectivity index (χ2n) is 5.94. The van der Waals surface area contributed by atoms with E-state index in [4.69, 9.17) is 5.32 Å². The maximum absolute atomic E-state index is 4.70. The van der Waals surface area contributed by atoms with Gasteiger partial charge in [0.15, 0.2) is 0 Å². The van der Waals surface area contributed by atoms with Gasteiger partial charge in [0.25, 0.3) is 0 Å². The van der Waals surface area contributed by atoms with Crippen LogP contribution < -0.4 is 0 Å². The van der Waals surface area contributed by atoms with Crippen molar-refractivity contribution < 1.29 is 20.1 Å². The Morgan fingerprint density at radius 3 is 2.70 bits per heavy atom. The molecule has 0 saturated carbocycles. The predicted octanol–water partition coefficient (Wildman–Crippen LogP) is 6.34. The molecular formula is C19H21IrN2S-. The summed E-state index contributed by atoms with van der Waals surface area (Å²) in [5.41, 5.74) is 3.46. The van der Waals surface area contributed by atoms with Crippen molar-refractivity contribution in [3.8, 4) is 0 Å². The zero-order valence-corrected chi connectivity index (χ0v) is 16.8. The summed E-state index contributed by atoms with van der Waals surface area (Å²) in [4.78, 5) is 5.60. The molecule has 1 radical (unpaired) electrons. The summed E-state index contributed by atoms with van der Waals surface area (Å²) < 4.78 is 0. The number of benzene rings is 1. The Kier molecular flexibility index (Phi) is 6.46. The monoisotopic (exact) mass is 502 g/mol. The van der Waals surface area contributed by atoms with Crippen LogP contribution in [0.4, 0.5) is 5.69 Å². The summed E-state index contributed by atoms with van der Waals surface area (Å²) in [5.74, 6) is 1.28. The number of rotatable bonds is 4. The van der Waals surface area contributed by atoms with Crippen molar-refractivity contribution in [1.29, 1.82) is 0 Å². The molecular weight excluding hydrogens is 481 g/mol. The quantitative estimate of drug-likeness (QED) is 0.489. The molecule has 1 atom stereocenters. The number of fused-ring (bicyclic) bond motifs is 1. The number of aromatic nitrogens is 1. The summed E-state index contributed by atoms with van der Waals surface area (Å²) in [6.45, 7) is 6.86. The van der Waals surface area contributed by atoms with Gasteiger partial charge in [-0.1, -0.05) is 44.0 Å². The summed E-state index contributed by atoms with van der Waals surface area (Å²) in [5, 5.41) is 5.72. The molecule has 23 heavy (non-hydrogen) atoms. The van der Waals surface area contributed by atoms with Crippen LogP contribution in [0.1, 0.15) is 44.4 Å². The second-order valence-corrected chi connectivity index (χ2v) is 7.00. The molecule has 2 aromatic rings. The largest absolute Gasteiger partial charge is 0.651 e. The molecule has 1 aromatic carbocycles. The maximum atomic E-state index is 4.70. The van der Waals surface area contributed by atoms with Crippen LogP contribution in [0.25, 0.3) is 11.4 Å². The third kappa shape index (κ3) is 4.26. The second kappa shape index (κ2) is 8.14. The van der Waals surface area contributed by atoms with Gasteiger partial charge in [0.1, 0.15) is 0 Å². The van der Waals surface area contributed by atoms with Crippen LogP contribution in [0.5, 0.6) is 0 Å². The minimum Gasteiger partial charge on any atom is -0.651 e. The summed E-state index contributed by atoms with van der Waals surface area (Å²) in [6.07, 6.45) is 5.03. The molecule has 3 rings (SSSR count). The first-order chi connectivity index (χ1) is 10.7. The Morgan fingerprint density at radius 1 is 1.22 bits per heavy atom. The minimum absolute atomic E-state index is 0. The molecule has 2 nitrogen and oxygen atoms in total. The van der Waals surface area contributed by atoms with E-state index in [1.165, 1.54) is 16.9 Å². The van der Waals surface area contributed by atoms with E-state index < -0.39 is 0 Å². The van der Waals surface area contributed by atoms with Gasteiger partial charge in [-0.25, -0.2) is 0 Å². The van der Waals surface area contributed by atoms with Gasteiger partial charge < -0.3 is 5.32 Å². The zero-order valence-electron chi connectivity index (χ0n) is 13.6. The van der Waals surface area contributed by atoms with Gasteiger partial charge in [0.05, 0.1) is 5.69 Å². The maximum Gasteiger partial charge on any atom is 0.0622 e. The molecule has 0 amide bonds. The first kappa shape index (κ1) is 18.3. The fourth-order valence-corrected chi connectivity index (χ4v) is 3.89. The molecule has 2 heterocycles. The van der Waals surface area contributed by atoms with Crippen molar-refractivity contribution in [1.82, 2.24) is 4.98 Å². The number of thioether (sulfide) groups is 1. The number of hydrogen-bond acceptors (Lipinski definition) is 2. The minimum atomic E-state index is 0. The molecule has 123 valence electrons. The summed E-state index contributed by atoms with van der Waals surface area (Å²) >= 11 is 1.74. The Morgan fingerprint density at radius 2 is 2.04 bits per heavy atom. The van der Waals surface area contributed by atoms with E-state index in [0.29, 0.717) is 11.8 Å². The van der Waals surface area contributed by atoms with Gasteiger partial charge in [-0.3, -0.25) is 4.98 Å². The predicted molar refractivity (Wildman–Crippen MR) is 95.4 cm³/mol. The number of nitrogens with zero attached hydrogens (tertiary/aromatic N) is 2. The molecule has 1 aliphatic heterocycles. The summed E-state index contributed by atoms with van der Waals surface area (Å²) in [7, 11) is 0. The van der Waals surface area contributed by atoms with Crippen LogP contribution in [-0.2, 0) is 20.1 Å². The van der Waals surface area contributed by atoms with Crippen LogP contribution in [0.3, 0.4) is 0 Å². The van der Waals surface area contributed by atoms with Crippen molar-refractivity contribution in [3.05, 3.63) is 64.2 Å². The smallest absolute Gasteiger partial charge is 0.0622 e. The van der Waals surface area contributed by atoms with Crippen LogP contribution in [0.15, 0.2) is 52.5 Å². The van der Waals surface area contributed by atoms with Crippen molar-refractivity contribution in [3.63, 3.8) is 0 Å². The normalized spacial score (nSPS) is 15.9. The molecule has 1 aliphatic rings. The summed E-state index contributed by atoms with van der Waals surface area (Å²) in [6, 6.07) is 12.6. The van der Waals surface area contributed by atoms with Crippen molar-refractivity contribution in [2.75, 3.05) is 0 Å². The molecule has 0 aliphatic carbocycles. The first-order valence-corrected chi connectivity index (χ1v) is 8.65. The van der Waals surface area contributed by atoms with Gasteiger partial charge in [-0.05, 0) is 53.0 Å². The fourth-order valence-electron chi connectivity index (χ4n) is 2.93. The van der Waals surface area contributed by atoms with Crippen molar-refractivity contribution in [2.24, 2.45) is 5.92 Å². The molecule has 4 heteroatoms. The topological polar surface area (TPSA) is 27.0 Å². The Bertz CT molecular complexity index is 683. The van der Waals surface area contributed by atoms with E-state index in [0.717, 1.165) is 16.4 Å². The SMILES string of the molecule is CCC(c1ccc2c(c1)S/C(=C/c1ccccn1)[N-]2)C(C)C.[Ir]. The first-order valence-electron chi connectivity index (χ1n) is 7.83. The van der Waals surface area contributed by atoms with Crippen molar-refractivity contribution in [2.45, 2.75) is 38.0 Å². The van der Waals surface area contributed by atoms with Gasteiger partial charge in [-0.2, -0.15) is 0 Å². The molecule has 0 saturated heterocycles. The zero-order chi connectivity index (χ0) is 15.5. The van der Waals surface area contributed by atoms with E-state index in [1.54, 1.807) is 11.8 Å². The number of pyridine rings is 1. The molecule has 1 unspecified atom stereocenters. The van der Waals surface area contributed by atoms with Crippen molar-refractivity contribution >= 4 is 23.5 Å². The van der Waals surface area contributed by atoms with E-state index in [2.05, 4.69) is 44.0 Å². The van der Waals surface area contributed by atoms with E-state index >= 15 is 0 Å². The van der Waals surface area contributed by atoms with E-state index in [-0.39, 0.29) is 20.1 Å². The van der Waals surface area contributed by atoms with Crippen LogP contribution in [0, 0.1) is 5.92 Å². The Hall–Kier alpha value is -1.09. The average Bonchev–Trinajstić information content (AvgIpc) is 2.90. The average molecular weight is 502 g/mol. The standard InChI is InChI=1S/C19H21N2S.Ir/c1-4-16(13(2)3)14-8-9-17-18(11-14)22-19(21-17)12-15-7-5-6-10-20-15;/h5-13,16H,4H2,1-3H3;/q-1;/b19-12+;. The third-order valence-corrected chi connectivity index (χ3v) is 5.03. The molecule has 0 N–H and O–H groups in total. The van der Waals surface area contributed by atoms with Gasteiger partial charge in [-0.15, -0.1) is 17.4 Å². The third-order valence-electron chi connectivity index (χ3n) is 4.06. The van der Waals surface area contributed by atoms with Gasteiger partial charge in [0.2, 0.25) is 0 Å². The molecule has 0 spiro atoms. The fraction of sp³-hybridized carbons (Fsp3) is 0.316. The Labute approximate surface area is 156 Å². The Balaban J connectivity index is 0.00000192. The number of hydrogen-bond donors (Lipinski definition) is 0.